The Hall–Kier alpha value is -1.06. The fourth-order valence-corrected chi connectivity index (χ4v) is 2.88. The molecule has 1 aromatic rings. The first kappa shape index (κ1) is 13.4. The van der Waals surface area contributed by atoms with Crippen molar-refractivity contribution in [2.75, 3.05) is 20.2 Å². The maximum Gasteiger partial charge on any atom is 0.118 e. The van der Waals surface area contributed by atoms with Crippen LogP contribution in [0.4, 0.5) is 0 Å². The molecule has 0 spiro atoms. The van der Waals surface area contributed by atoms with E-state index in [1.54, 1.807) is 7.11 Å². The molecule has 1 aromatic carbocycles. The van der Waals surface area contributed by atoms with Gasteiger partial charge in [0.1, 0.15) is 5.75 Å². The lowest BCUT2D eigenvalue weighted by Gasteiger charge is -2.39. The summed E-state index contributed by atoms with van der Waals surface area (Å²) in [6, 6.07) is 8.87. The molecule has 1 heterocycles. The van der Waals surface area contributed by atoms with Crippen LogP contribution in [0.2, 0.25) is 0 Å². The minimum absolute atomic E-state index is 0.529. The largest absolute Gasteiger partial charge is 0.497 e. The normalized spacial score (nSPS) is 25.1. The van der Waals surface area contributed by atoms with Gasteiger partial charge in [0, 0.05) is 19.1 Å². The zero-order valence-corrected chi connectivity index (χ0v) is 11.4. The van der Waals surface area contributed by atoms with E-state index in [0.29, 0.717) is 12.0 Å². The van der Waals surface area contributed by atoms with E-state index < -0.39 is 0 Å². The standard InChI is InChI=1S/C15H24N2O/c1-12-4-3-9-17(15(12)10-16)11-13-5-7-14(18-2)8-6-13/h5-8,12,15H,3-4,9-11,16H2,1-2H3. The van der Waals surface area contributed by atoms with Gasteiger partial charge in [0.15, 0.2) is 0 Å². The Kier molecular flexibility index (Phi) is 4.61. The predicted octanol–water partition coefficient (Wildman–Crippen LogP) is 2.25. The van der Waals surface area contributed by atoms with Crippen LogP contribution in [0.15, 0.2) is 24.3 Å². The fourth-order valence-electron chi connectivity index (χ4n) is 2.88. The highest BCUT2D eigenvalue weighted by molar-refractivity contribution is 5.27. The Morgan fingerprint density at radius 3 is 2.67 bits per heavy atom. The van der Waals surface area contributed by atoms with Gasteiger partial charge in [-0.15, -0.1) is 0 Å². The molecule has 2 N–H and O–H groups in total. The first-order valence-corrected chi connectivity index (χ1v) is 6.81. The van der Waals surface area contributed by atoms with Crippen molar-refractivity contribution < 1.29 is 4.74 Å². The molecule has 1 aliphatic rings. The lowest BCUT2D eigenvalue weighted by Crippen LogP contribution is -2.47. The van der Waals surface area contributed by atoms with Crippen molar-refractivity contribution in [3.63, 3.8) is 0 Å². The highest BCUT2D eigenvalue weighted by Gasteiger charge is 2.26. The van der Waals surface area contributed by atoms with E-state index in [0.717, 1.165) is 25.4 Å². The molecule has 0 aliphatic carbocycles. The van der Waals surface area contributed by atoms with E-state index >= 15 is 0 Å². The molecule has 0 radical (unpaired) electrons. The van der Waals surface area contributed by atoms with Gasteiger partial charge >= 0.3 is 0 Å². The first-order valence-electron chi connectivity index (χ1n) is 6.81. The van der Waals surface area contributed by atoms with Crippen molar-refractivity contribution in [1.82, 2.24) is 4.90 Å². The Morgan fingerprint density at radius 1 is 1.33 bits per heavy atom. The average molecular weight is 248 g/mol. The molecule has 0 aromatic heterocycles. The molecule has 0 bridgehead atoms. The van der Waals surface area contributed by atoms with Gasteiger partial charge in [0.25, 0.3) is 0 Å². The summed E-state index contributed by atoms with van der Waals surface area (Å²) in [5, 5.41) is 0. The number of benzene rings is 1. The fraction of sp³-hybridized carbons (Fsp3) is 0.600. The monoisotopic (exact) mass is 248 g/mol. The third kappa shape index (κ3) is 3.03. The van der Waals surface area contributed by atoms with Crippen molar-refractivity contribution in [3.8, 4) is 5.75 Å². The van der Waals surface area contributed by atoms with Crippen molar-refractivity contribution in [2.24, 2.45) is 11.7 Å². The topological polar surface area (TPSA) is 38.5 Å². The van der Waals surface area contributed by atoms with Gasteiger partial charge < -0.3 is 10.5 Å². The van der Waals surface area contributed by atoms with Crippen LogP contribution in [0, 0.1) is 5.92 Å². The van der Waals surface area contributed by atoms with E-state index in [1.165, 1.54) is 18.4 Å². The van der Waals surface area contributed by atoms with Gasteiger partial charge in [-0.25, -0.2) is 0 Å². The molecule has 0 saturated carbocycles. The number of ether oxygens (including phenoxy) is 1. The number of rotatable bonds is 4. The Labute approximate surface area is 110 Å². The Balaban J connectivity index is 2.02. The van der Waals surface area contributed by atoms with E-state index in [2.05, 4.69) is 24.0 Å². The lowest BCUT2D eigenvalue weighted by molar-refractivity contribution is 0.0991. The first-order chi connectivity index (χ1) is 8.74. The summed E-state index contributed by atoms with van der Waals surface area (Å²) in [5.41, 5.74) is 7.26. The van der Waals surface area contributed by atoms with E-state index in [1.807, 2.05) is 12.1 Å². The van der Waals surface area contributed by atoms with Gasteiger partial charge in [0.05, 0.1) is 7.11 Å². The maximum atomic E-state index is 5.92. The number of hydrogen-bond donors (Lipinski definition) is 1. The van der Waals surface area contributed by atoms with Crippen LogP contribution >= 0.6 is 0 Å². The quantitative estimate of drug-likeness (QED) is 0.888. The molecule has 2 atom stereocenters. The minimum atomic E-state index is 0.529. The highest BCUT2D eigenvalue weighted by Crippen LogP contribution is 2.24. The summed E-state index contributed by atoms with van der Waals surface area (Å²) in [5.74, 6) is 1.63. The minimum Gasteiger partial charge on any atom is -0.497 e. The average Bonchev–Trinajstić information content (AvgIpc) is 2.40. The van der Waals surface area contributed by atoms with Crippen molar-refractivity contribution in [3.05, 3.63) is 29.8 Å². The Bertz CT molecular complexity index is 363. The molecule has 1 fully saturated rings. The second-order valence-corrected chi connectivity index (χ2v) is 5.24. The van der Waals surface area contributed by atoms with Crippen LogP contribution in [0.1, 0.15) is 25.3 Å². The molecule has 0 amide bonds. The lowest BCUT2D eigenvalue weighted by atomic mass is 9.90. The molecule has 2 unspecified atom stereocenters. The zero-order valence-electron chi connectivity index (χ0n) is 11.4. The summed E-state index contributed by atoms with van der Waals surface area (Å²) in [7, 11) is 1.70. The summed E-state index contributed by atoms with van der Waals surface area (Å²) >= 11 is 0. The van der Waals surface area contributed by atoms with Crippen LogP contribution in [0.25, 0.3) is 0 Å². The molecule has 2 rings (SSSR count). The number of nitrogens with two attached hydrogens (primary N) is 1. The molecule has 3 nitrogen and oxygen atoms in total. The summed E-state index contributed by atoms with van der Waals surface area (Å²) in [6.45, 7) is 5.24. The van der Waals surface area contributed by atoms with Crippen molar-refractivity contribution >= 4 is 0 Å². The second kappa shape index (κ2) is 6.21. The number of methoxy groups -OCH3 is 1. The molecule has 1 saturated heterocycles. The van der Waals surface area contributed by atoms with Gasteiger partial charge in [0.2, 0.25) is 0 Å². The molecule has 18 heavy (non-hydrogen) atoms. The number of piperidine rings is 1. The van der Waals surface area contributed by atoms with Gasteiger partial charge in [-0.3, -0.25) is 4.90 Å². The molecular formula is C15H24N2O. The van der Waals surface area contributed by atoms with Crippen molar-refractivity contribution in [1.29, 1.82) is 0 Å². The third-order valence-electron chi connectivity index (χ3n) is 4.02. The van der Waals surface area contributed by atoms with Crippen molar-refractivity contribution in [2.45, 2.75) is 32.4 Å². The van der Waals surface area contributed by atoms with Gasteiger partial charge in [-0.1, -0.05) is 19.1 Å². The van der Waals surface area contributed by atoms with Crippen LogP contribution in [-0.4, -0.2) is 31.1 Å². The molecular weight excluding hydrogens is 224 g/mol. The van der Waals surface area contributed by atoms with Crippen LogP contribution < -0.4 is 10.5 Å². The van der Waals surface area contributed by atoms with Gasteiger partial charge in [-0.2, -0.15) is 0 Å². The van der Waals surface area contributed by atoms with E-state index in [-0.39, 0.29) is 0 Å². The zero-order chi connectivity index (χ0) is 13.0. The van der Waals surface area contributed by atoms with Crippen LogP contribution in [-0.2, 0) is 6.54 Å². The third-order valence-corrected chi connectivity index (χ3v) is 4.02. The van der Waals surface area contributed by atoms with Gasteiger partial charge in [-0.05, 0) is 43.0 Å². The van der Waals surface area contributed by atoms with Crippen LogP contribution in [0.3, 0.4) is 0 Å². The summed E-state index contributed by atoms with van der Waals surface area (Å²) < 4.78 is 5.18. The highest BCUT2D eigenvalue weighted by atomic mass is 16.5. The van der Waals surface area contributed by atoms with Crippen LogP contribution in [0.5, 0.6) is 5.75 Å². The van der Waals surface area contributed by atoms with E-state index in [9.17, 15) is 0 Å². The second-order valence-electron chi connectivity index (χ2n) is 5.24. The van der Waals surface area contributed by atoms with E-state index in [4.69, 9.17) is 10.5 Å². The Morgan fingerprint density at radius 2 is 2.06 bits per heavy atom. The maximum absolute atomic E-state index is 5.92. The predicted molar refractivity (Wildman–Crippen MR) is 74.6 cm³/mol. The summed E-state index contributed by atoms with van der Waals surface area (Å²) in [4.78, 5) is 2.52. The smallest absolute Gasteiger partial charge is 0.118 e. The number of nitrogens with zero attached hydrogens (tertiary/aromatic N) is 1. The summed E-state index contributed by atoms with van der Waals surface area (Å²) in [6.07, 6.45) is 2.59. The SMILES string of the molecule is COc1ccc(CN2CCCC(C)C2CN)cc1. The number of hydrogen-bond acceptors (Lipinski definition) is 3. The number of likely N-dealkylation sites (tertiary alicyclic amines) is 1. The molecule has 100 valence electrons. The molecule has 1 aliphatic heterocycles. The molecule has 3 heteroatoms.